The highest BCUT2D eigenvalue weighted by Crippen LogP contribution is 2.31. The highest BCUT2D eigenvalue weighted by atomic mass is 32.2. The molecule has 71 heavy (non-hydrogen) atoms. The highest BCUT2D eigenvalue weighted by Gasteiger charge is 2.43. The van der Waals surface area contributed by atoms with E-state index in [4.69, 9.17) is 26.0 Å². The largest absolute Gasteiger partial charge is 0.462 e. The first-order valence-electron chi connectivity index (χ1n) is 23.7. The number of β-amino-alcohol motifs (C(OH)–C–C–N with tert-alkyl or cyclic N) is 1. The van der Waals surface area contributed by atoms with Crippen LogP contribution in [0.2, 0.25) is 0 Å². The quantitative estimate of drug-likeness (QED) is 0.0330. The minimum absolute atomic E-state index is 0.0680. The van der Waals surface area contributed by atoms with E-state index >= 15 is 0 Å². The number of carbonyl (C=O) groups is 8. The van der Waals surface area contributed by atoms with Crippen LogP contribution in [0, 0.1) is 11.8 Å². The number of ether oxygens (including phenoxy) is 1. The van der Waals surface area contributed by atoms with Crippen LogP contribution >= 0.6 is 11.8 Å². The molecule has 22 nitrogen and oxygen atoms in total. The Labute approximate surface area is 416 Å². The first-order chi connectivity index (χ1) is 33.8. The summed E-state index contributed by atoms with van der Waals surface area (Å²) in [5.41, 5.74) is 14.4. The maximum atomic E-state index is 14.5. The van der Waals surface area contributed by atoms with Crippen LogP contribution in [0.25, 0.3) is 10.9 Å². The topological polar surface area (TPSA) is 328 Å². The standard InChI is InChI=1S/C48H68N10O12S/c1-6-26(2)43-46(66)53-20-41(62)54-31(25-71-47-34(33-14-10-11-15-36(33)56-47)17-35(49)44(64)52-21-42(63)57-43)19-51-37(18-40(50)61)48(67)58-22-32(60)16-39(58)45(65)55-38(27(3)28(4)70-29(5)59)24-69-68-23-30-12-8-7-9-13-30/h7-15,26-28,31-32,35,37-39,43,51,56,60H,6,16-25,49H2,1-5H3,(H2,50,61)(H,52,64)(H,53,66)(H,54,62)(H,55,65)(H,57,63)/t26?,27-,28?,31?,32+,35?,37-,38+,39?,43?/m0/s1. The second kappa shape index (κ2) is 26.9. The molecule has 23 heteroatoms. The maximum absolute atomic E-state index is 14.5. The fourth-order valence-corrected chi connectivity index (χ4v) is 9.39. The summed E-state index contributed by atoms with van der Waals surface area (Å²) < 4.78 is 5.41. The number of aliphatic hydroxyl groups excluding tert-OH is 1. The molecule has 1 aromatic heterocycles. The van der Waals surface area contributed by atoms with Gasteiger partial charge >= 0.3 is 5.97 Å². The van der Waals surface area contributed by atoms with E-state index in [9.17, 15) is 43.5 Å². The number of amides is 7. The van der Waals surface area contributed by atoms with Gasteiger partial charge in [-0.05, 0) is 36.5 Å². The number of benzene rings is 2. The van der Waals surface area contributed by atoms with Crippen molar-refractivity contribution in [2.75, 3.05) is 38.5 Å². The van der Waals surface area contributed by atoms with E-state index in [2.05, 4.69) is 36.9 Å². The SMILES string of the molecule is CCC(C)C1NC(=O)CNC(=O)C(N)Cc2c([nH]c3ccccc23)SCC(CN[C@@H](CC(N)=O)C(=O)N2C[C@H](O)CC2C(=O)N[C@H](COOCc2ccccc2)[C@@H](C)C(C)OC(C)=O)NC(=O)CNC1=O. The number of nitrogens with one attached hydrogen (secondary N) is 7. The fourth-order valence-electron chi connectivity index (χ4n) is 8.27. The number of aromatic amines is 1. The molecule has 0 bridgehead atoms. The molecule has 1 fully saturated rings. The Hall–Kier alpha value is -6.11. The number of carbonyl (C=O) groups excluding carboxylic acids is 8. The Bertz CT molecular complexity index is 2340. The number of esters is 1. The van der Waals surface area contributed by atoms with Crippen molar-refractivity contribution in [3.8, 4) is 0 Å². The van der Waals surface area contributed by atoms with Crippen molar-refractivity contribution in [2.45, 2.75) is 120 Å². The van der Waals surface area contributed by atoms with Crippen LogP contribution in [0.1, 0.15) is 65.0 Å². The molecule has 388 valence electrons. The molecule has 0 saturated carbocycles. The van der Waals surface area contributed by atoms with Crippen molar-refractivity contribution in [3.05, 3.63) is 65.7 Å². The number of H-pyrrole nitrogens is 1. The van der Waals surface area contributed by atoms with E-state index in [1.807, 2.05) is 61.5 Å². The zero-order valence-electron chi connectivity index (χ0n) is 40.7. The molecule has 3 heterocycles. The van der Waals surface area contributed by atoms with Gasteiger partial charge in [-0.2, -0.15) is 0 Å². The van der Waals surface area contributed by atoms with Crippen LogP contribution in [-0.4, -0.2) is 149 Å². The number of likely N-dealkylation sites (tertiary alicyclic amines) is 1. The predicted octanol–water partition coefficient (Wildman–Crippen LogP) is -0.592. The molecule has 10 atom stereocenters. The number of fused-ring (bicyclic) bond motifs is 3. The van der Waals surface area contributed by atoms with E-state index in [1.165, 1.54) is 23.6 Å². The molecular formula is C48H68N10O12S. The summed E-state index contributed by atoms with van der Waals surface area (Å²) >= 11 is 1.29. The molecule has 0 spiro atoms. The summed E-state index contributed by atoms with van der Waals surface area (Å²) in [7, 11) is 0. The summed E-state index contributed by atoms with van der Waals surface area (Å²) in [6.45, 7) is 6.89. The maximum Gasteiger partial charge on any atom is 0.302 e. The predicted molar refractivity (Wildman–Crippen MR) is 261 cm³/mol. The first kappa shape index (κ1) is 55.8. The van der Waals surface area contributed by atoms with Crippen LogP contribution in [0.3, 0.4) is 0 Å². The second-order valence-electron chi connectivity index (χ2n) is 18.1. The molecule has 1 saturated heterocycles. The van der Waals surface area contributed by atoms with Gasteiger partial charge in [-0.1, -0.05) is 75.7 Å². The smallest absolute Gasteiger partial charge is 0.302 e. The van der Waals surface area contributed by atoms with Crippen molar-refractivity contribution in [3.63, 3.8) is 0 Å². The summed E-state index contributed by atoms with van der Waals surface area (Å²) in [4.78, 5) is 122. The minimum atomic E-state index is -1.34. The van der Waals surface area contributed by atoms with Gasteiger partial charge in [0.2, 0.25) is 41.4 Å². The van der Waals surface area contributed by atoms with Crippen LogP contribution in [0.4, 0.5) is 0 Å². The molecule has 6 unspecified atom stereocenters. The molecule has 7 amide bonds. The van der Waals surface area contributed by atoms with Gasteiger partial charge in [0, 0.05) is 49.0 Å². The van der Waals surface area contributed by atoms with Crippen molar-refractivity contribution in [2.24, 2.45) is 23.3 Å². The molecular weight excluding hydrogens is 941 g/mol. The van der Waals surface area contributed by atoms with Gasteiger partial charge < -0.3 is 63.1 Å². The lowest BCUT2D eigenvalue weighted by atomic mass is 9.96. The van der Waals surface area contributed by atoms with Gasteiger partial charge in [-0.3, -0.25) is 38.4 Å². The number of nitrogens with zero attached hydrogens (tertiary/aromatic N) is 1. The van der Waals surface area contributed by atoms with Crippen molar-refractivity contribution in [1.29, 1.82) is 0 Å². The zero-order valence-corrected chi connectivity index (χ0v) is 41.5. The second-order valence-corrected chi connectivity index (χ2v) is 19.1. The number of para-hydroxylation sites is 1. The zero-order chi connectivity index (χ0) is 51.8. The van der Waals surface area contributed by atoms with Crippen molar-refractivity contribution in [1.82, 2.24) is 41.8 Å². The number of hydrogen-bond donors (Lipinski definition) is 10. The van der Waals surface area contributed by atoms with Crippen LogP contribution in [-0.2, 0) is 65.9 Å². The Morgan fingerprint density at radius 3 is 2.30 bits per heavy atom. The third-order valence-corrected chi connectivity index (χ3v) is 13.8. The van der Waals surface area contributed by atoms with Gasteiger partial charge in [0.05, 0.1) is 54.8 Å². The average molecular weight is 1010 g/mol. The monoisotopic (exact) mass is 1010 g/mol. The number of primary amides is 1. The first-order valence-corrected chi connectivity index (χ1v) is 24.7. The number of thioether (sulfide) groups is 1. The lowest BCUT2D eigenvalue weighted by molar-refractivity contribution is -0.308. The summed E-state index contributed by atoms with van der Waals surface area (Å²) in [6, 6.07) is 10.4. The molecule has 2 aliphatic rings. The number of aliphatic hydroxyl groups is 1. The van der Waals surface area contributed by atoms with E-state index in [1.54, 1.807) is 20.8 Å². The van der Waals surface area contributed by atoms with Crippen LogP contribution < -0.4 is 43.4 Å². The van der Waals surface area contributed by atoms with E-state index in [-0.39, 0.29) is 50.8 Å². The van der Waals surface area contributed by atoms with Crippen molar-refractivity contribution >= 4 is 70.0 Å². The number of aromatic nitrogens is 1. The molecule has 12 N–H and O–H groups in total. The molecule has 0 radical (unpaired) electrons. The number of nitrogens with two attached hydrogens (primary N) is 2. The van der Waals surface area contributed by atoms with E-state index in [0.29, 0.717) is 17.0 Å². The third kappa shape index (κ3) is 16.5. The Balaban J connectivity index is 1.37. The average Bonchev–Trinajstić information content (AvgIpc) is 3.91. The van der Waals surface area contributed by atoms with Gasteiger partial charge in [-0.25, -0.2) is 9.78 Å². The molecule has 2 aliphatic heterocycles. The minimum Gasteiger partial charge on any atom is -0.462 e. The Kier molecular flexibility index (Phi) is 21.2. The Morgan fingerprint density at radius 1 is 0.930 bits per heavy atom. The van der Waals surface area contributed by atoms with Gasteiger partial charge in [-0.15, -0.1) is 11.8 Å². The van der Waals surface area contributed by atoms with Crippen LogP contribution in [0.5, 0.6) is 0 Å². The highest BCUT2D eigenvalue weighted by molar-refractivity contribution is 7.99. The van der Waals surface area contributed by atoms with Gasteiger partial charge in [0.25, 0.3) is 0 Å². The van der Waals surface area contributed by atoms with Crippen molar-refractivity contribution < 1.29 is 58.0 Å². The van der Waals surface area contributed by atoms with Gasteiger partial charge in [0.1, 0.15) is 31.4 Å². The molecule has 2 aromatic carbocycles. The van der Waals surface area contributed by atoms with Gasteiger partial charge in [0.15, 0.2) is 0 Å². The van der Waals surface area contributed by atoms with Crippen LogP contribution in [0.15, 0.2) is 59.6 Å². The third-order valence-electron chi connectivity index (χ3n) is 12.6. The normalized spacial score (nSPS) is 22.7. The summed E-state index contributed by atoms with van der Waals surface area (Å²) in [6.07, 6.45) is -1.89. The molecule has 3 aromatic rings. The van der Waals surface area contributed by atoms with E-state index < -0.39 is 121 Å². The summed E-state index contributed by atoms with van der Waals surface area (Å²) in [5, 5.41) is 29.0. The fraction of sp³-hybridized carbons (Fsp3) is 0.542. The molecule has 0 aliphatic carbocycles. The summed E-state index contributed by atoms with van der Waals surface area (Å²) in [5.74, 6) is -5.92. The lowest BCUT2D eigenvalue weighted by Crippen LogP contribution is -2.58. The lowest BCUT2D eigenvalue weighted by Gasteiger charge is -2.32. The number of rotatable bonds is 18. The number of hydrogen-bond acceptors (Lipinski definition) is 15. The van der Waals surface area contributed by atoms with E-state index in [0.717, 1.165) is 16.5 Å². The molecule has 5 rings (SSSR count). The Morgan fingerprint density at radius 2 is 1.61 bits per heavy atom.